The van der Waals surface area contributed by atoms with Crippen molar-refractivity contribution in [2.75, 3.05) is 18.5 Å². The van der Waals surface area contributed by atoms with Gasteiger partial charge in [-0.1, -0.05) is 38.2 Å². The topological polar surface area (TPSA) is 94.4 Å². The van der Waals surface area contributed by atoms with Gasteiger partial charge in [0.2, 0.25) is 0 Å². The molecule has 0 spiro atoms. The fourth-order valence-electron chi connectivity index (χ4n) is 3.99. The second-order valence-corrected chi connectivity index (χ2v) is 7.87. The highest BCUT2D eigenvalue weighted by Gasteiger charge is 2.17. The average Bonchev–Trinajstić information content (AvgIpc) is 2.79. The van der Waals surface area contributed by atoms with Crippen LogP contribution < -0.4 is 19.9 Å². The van der Waals surface area contributed by atoms with E-state index in [1.165, 1.54) is 32.1 Å². The molecule has 1 N–H and O–H groups in total. The van der Waals surface area contributed by atoms with E-state index >= 15 is 0 Å². The van der Waals surface area contributed by atoms with Gasteiger partial charge in [-0.2, -0.15) is 5.26 Å². The summed E-state index contributed by atoms with van der Waals surface area (Å²) < 4.78 is 11.7. The van der Waals surface area contributed by atoms with E-state index in [2.05, 4.69) is 5.32 Å². The van der Waals surface area contributed by atoms with Crippen molar-refractivity contribution in [3.63, 3.8) is 0 Å². The van der Waals surface area contributed by atoms with E-state index < -0.39 is 12.0 Å². The molecule has 31 heavy (non-hydrogen) atoms. The van der Waals surface area contributed by atoms with Gasteiger partial charge in [0, 0.05) is 5.69 Å². The standard InChI is InChI=1S/C25H30N2O4/c1-2-30-23-16-20(10-13-22(23)31-15-14-18-6-4-3-5-7-18)24(25(28)29)27-21-11-8-19(17-26)9-12-21/h8-13,16,18,24,27H,2-7,14-15H2,1H3,(H,28,29)/p-1. The van der Waals surface area contributed by atoms with Crippen LogP contribution in [0.15, 0.2) is 42.5 Å². The molecule has 0 heterocycles. The van der Waals surface area contributed by atoms with Gasteiger partial charge in [-0.25, -0.2) is 0 Å². The van der Waals surface area contributed by atoms with E-state index in [0.29, 0.717) is 41.5 Å². The molecule has 0 radical (unpaired) electrons. The monoisotopic (exact) mass is 421 g/mol. The van der Waals surface area contributed by atoms with E-state index in [-0.39, 0.29) is 0 Å². The van der Waals surface area contributed by atoms with Crippen molar-refractivity contribution in [1.29, 1.82) is 5.26 Å². The summed E-state index contributed by atoms with van der Waals surface area (Å²) in [4.78, 5) is 11.8. The van der Waals surface area contributed by atoms with Gasteiger partial charge in [0.1, 0.15) is 0 Å². The van der Waals surface area contributed by atoms with Gasteiger partial charge in [-0.3, -0.25) is 0 Å². The van der Waals surface area contributed by atoms with E-state index in [1.807, 2.05) is 13.0 Å². The summed E-state index contributed by atoms with van der Waals surface area (Å²) in [6, 6.07) is 12.7. The van der Waals surface area contributed by atoms with Crippen LogP contribution >= 0.6 is 0 Å². The van der Waals surface area contributed by atoms with Gasteiger partial charge in [-0.05, 0) is 61.2 Å². The van der Waals surface area contributed by atoms with E-state index in [1.54, 1.807) is 42.5 Å². The lowest BCUT2D eigenvalue weighted by Gasteiger charge is -2.24. The molecule has 1 fully saturated rings. The number of hydrogen-bond donors (Lipinski definition) is 1. The minimum atomic E-state index is -1.25. The zero-order valence-electron chi connectivity index (χ0n) is 17.9. The molecule has 0 amide bonds. The number of rotatable bonds is 10. The zero-order valence-corrected chi connectivity index (χ0v) is 17.9. The van der Waals surface area contributed by atoms with Gasteiger partial charge < -0.3 is 24.7 Å². The highest BCUT2D eigenvalue weighted by Crippen LogP contribution is 2.33. The molecule has 0 bridgehead atoms. The number of nitrogens with zero attached hydrogens (tertiary/aromatic N) is 1. The summed E-state index contributed by atoms with van der Waals surface area (Å²) in [6.45, 7) is 2.95. The first-order chi connectivity index (χ1) is 15.1. The predicted octanol–water partition coefficient (Wildman–Crippen LogP) is 4.21. The number of carboxylic acid groups (broad SMARTS) is 1. The molecule has 1 saturated carbocycles. The minimum Gasteiger partial charge on any atom is -0.548 e. The van der Waals surface area contributed by atoms with Crippen molar-refractivity contribution in [3.8, 4) is 17.6 Å². The van der Waals surface area contributed by atoms with Crippen LogP contribution in [0.5, 0.6) is 11.5 Å². The molecule has 6 nitrogen and oxygen atoms in total. The highest BCUT2D eigenvalue weighted by atomic mass is 16.5. The number of nitrogens with one attached hydrogen (secondary N) is 1. The molecule has 164 valence electrons. The molecule has 2 aromatic rings. The first-order valence-electron chi connectivity index (χ1n) is 11.0. The Hall–Kier alpha value is -3.20. The summed E-state index contributed by atoms with van der Waals surface area (Å²) in [7, 11) is 0. The maximum Gasteiger partial charge on any atom is 0.161 e. The Bertz CT molecular complexity index is 899. The van der Waals surface area contributed by atoms with Crippen molar-refractivity contribution in [1.82, 2.24) is 0 Å². The lowest BCUT2D eigenvalue weighted by Crippen LogP contribution is -2.34. The number of hydrogen-bond acceptors (Lipinski definition) is 6. The lowest BCUT2D eigenvalue weighted by atomic mass is 9.87. The Morgan fingerprint density at radius 2 is 1.87 bits per heavy atom. The van der Waals surface area contributed by atoms with Gasteiger partial charge in [0.05, 0.1) is 36.9 Å². The smallest absolute Gasteiger partial charge is 0.161 e. The quantitative estimate of drug-likeness (QED) is 0.618. The highest BCUT2D eigenvalue weighted by molar-refractivity contribution is 5.78. The van der Waals surface area contributed by atoms with Crippen molar-refractivity contribution >= 4 is 11.7 Å². The average molecular weight is 422 g/mol. The maximum atomic E-state index is 11.8. The molecular formula is C25H29N2O4-. The fraction of sp³-hybridized carbons (Fsp3) is 0.440. The SMILES string of the molecule is CCOc1cc(C(Nc2ccc(C#N)cc2)C(=O)[O-])ccc1OCCC1CCCCC1. The molecule has 0 aromatic heterocycles. The van der Waals surface area contributed by atoms with Crippen molar-refractivity contribution < 1.29 is 19.4 Å². The van der Waals surface area contributed by atoms with Crippen molar-refractivity contribution in [2.24, 2.45) is 5.92 Å². The third-order valence-corrected chi connectivity index (χ3v) is 5.67. The second kappa shape index (κ2) is 11.3. The van der Waals surface area contributed by atoms with Crippen LogP contribution in [-0.2, 0) is 4.79 Å². The molecule has 1 aliphatic rings. The molecule has 6 heteroatoms. The summed E-state index contributed by atoms with van der Waals surface area (Å²) in [6.07, 6.45) is 7.52. The number of nitriles is 1. The first-order valence-corrected chi connectivity index (χ1v) is 11.0. The third-order valence-electron chi connectivity index (χ3n) is 5.67. The van der Waals surface area contributed by atoms with Gasteiger partial charge in [0.15, 0.2) is 11.5 Å². The first kappa shape index (κ1) is 22.5. The third kappa shape index (κ3) is 6.39. The lowest BCUT2D eigenvalue weighted by molar-refractivity contribution is -0.307. The Kier molecular flexibility index (Phi) is 8.17. The number of aliphatic carboxylic acids is 1. The van der Waals surface area contributed by atoms with Crippen LogP contribution in [0.25, 0.3) is 0 Å². The summed E-state index contributed by atoms with van der Waals surface area (Å²) in [5.41, 5.74) is 1.59. The maximum absolute atomic E-state index is 11.8. The zero-order chi connectivity index (χ0) is 22.1. The number of ether oxygens (including phenoxy) is 2. The number of carboxylic acids is 1. The van der Waals surface area contributed by atoms with Gasteiger partial charge in [-0.15, -0.1) is 0 Å². The molecule has 0 aliphatic heterocycles. The summed E-state index contributed by atoms with van der Waals surface area (Å²) in [5.74, 6) is 0.619. The molecule has 1 unspecified atom stereocenters. The van der Waals surface area contributed by atoms with Crippen LogP contribution in [0.4, 0.5) is 5.69 Å². The minimum absolute atomic E-state index is 0.446. The molecule has 0 saturated heterocycles. The number of anilines is 1. The van der Waals surface area contributed by atoms with Crippen LogP contribution in [0.2, 0.25) is 0 Å². The van der Waals surface area contributed by atoms with Crippen LogP contribution in [-0.4, -0.2) is 19.2 Å². The predicted molar refractivity (Wildman–Crippen MR) is 117 cm³/mol. The molecule has 1 aliphatic carbocycles. The van der Waals surface area contributed by atoms with Gasteiger partial charge in [0.25, 0.3) is 0 Å². The Labute approximate surface area is 183 Å². The Morgan fingerprint density at radius 3 is 2.52 bits per heavy atom. The van der Waals surface area contributed by atoms with Crippen LogP contribution in [0.3, 0.4) is 0 Å². The number of benzene rings is 2. The van der Waals surface area contributed by atoms with Gasteiger partial charge >= 0.3 is 0 Å². The molecule has 3 rings (SSSR count). The molecule has 1 atom stereocenters. The number of carbonyl (C=O) groups is 1. The summed E-state index contributed by atoms with van der Waals surface area (Å²) in [5, 5.41) is 23.7. The Morgan fingerprint density at radius 1 is 1.13 bits per heavy atom. The van der Waals surface area contributed by atoms with E-state index in [0.717, 1.165) is 12.3 Å². The van der Waals surface area contributed by atoms with Crippen molar-refractivity contribution in [2.45, 2.75) is 51.5 Å². The second-order valence-electron chi connectivity index (χ2n) is 7.87. The normalized spacial score (nSPS) is 15.0. The van der Waals surface area contributed by atoms with Crippen molar-refractivity contribution in [3.05, 3.63) is 53.6 Å². The molecular weight excluding hydrogens is 392 g/mol. The number of carbonyl (C=O) groups excluding carboxylic acids is 1. The van der Waals surface area contributed by atoms with Crippen LogP contribution in [0, 0.1) is 17.2 Å². The fourth-order valence-corrected chi connectivity index (χ4v) is 3.99. The largest absolute Gasteiger partial charge is 0.548 e. The Balaban J connectivity index is 1.71. The molecule has 2 aromatic carbocycles. The van der Waals surface area contributed by atoms with E-state index in [9.17, 15) is 9.90 Å². The van der Waals surface area contributed by atoms with E-state index in [4.69, 9.17) is 14.7 Å². The summed E-state index contributed by atoms with van der Waals surface area (Å²) >= 11 is 0. The van der Waals surface area contributed by atoms with Crippen LogP contribution in [0.1, 0.15) is 62.6 Å².